The molecule has 1 fully saturated rings. The lowest BCUT2D eigenvalue weighted by Gasteiger charge is -2.41. The molecule has 21 heavy (non-hydrogen) atoms. The summed E-state index contributed by atoms with van der Waals surface area (Å²) >= 11 is 0. The number of nitrogens with one attached hydrogen (secondary N) is 1. The lowest BCUT2D eigenvalue weighted by Crippen LogP contribution is -2.60. The lowest BCUT2D eigenvalue weighted by molar-refractivity contribution is -0.150. The number of aromatic nitrogens is 2. The molecule has 2 rings (SSSR count). The van der Waals surface area contributed by atoms with E-state index in [1.54, 1.807) is 13.8 Å². The van der Waals surface area contributed by atoms with Crippen LogP contribution < -0.4 is 5.32 Å². The van der Waals surface area contributed by atoms with Gasteiger partial charge in [-0.05, 0) is 26.2 Å². The maximum atomic E-state index is 12.2. The van der Waals surface area contributed by atoms with Crippen molar-refractivity contribution in [1.29, 1.82) is 0 Å². The molecule has 1 aromatic rings. The van der Waals surface area contributed by atoms with Gasteiger partial charge in [-0.1, -0.05) is 5.16 Å². The minimum atomic E-state index is -1.13. The molecule has 2 N–H and O–H groups in total. The Balaban J connectivity index is 1.90. The molecule has 1 atom stereocenters. The molecule has 0 saturated carbocycles. The van der Waals surface area contributed by atoms with E-state index in [4.69, 9.17) is 4.52 Å². The Morgan fingerprint density at radius 1 is 1.48 bits per heavy atom. The summed E-state index contributed by atoms with van der Waals surface area (Å²) in [4.78, 5) is 29.1. The van der Waals surface area contributed by atoms with Crippen molar-refractivity contribution < 1.29 is 19.2 Å². The Morgan fingerprint density at radius 2 is 2.24 bits per heavy atom. The normalized spacial score (nSPS) is 22.1. The molecular weight excluding hydrogens is 276 g/mol. The average Bonchev–Trinajstić information content (AvgIpc) is 2.84. The number of likely N-dealkylation sites (tertiary alicyclic amines) is 1. The molecule has 1 aromatic heterocycles. The predicted octanol–water partition coefficient (Wildman–Crippen LogP) is 0.959. The highest BCUT2D eigenvalue weighted by Gasteiger charge is 2.43. The molecule has 0 aromatic carbocycles. The summed E-state index contributed by atoms with van der Waals surface area (Å²) in [5.41, 5.74) is -1.13. The van der Waals surface area contributed by atoms with Gasteiger partial charge in [-0.2, -0.15) is 4.98 Å². The second-order valence-electron chi connectivity index (χ2n) is 5.40. The number of carboxylic acid groups (broad SMARTS) is 1. The second-order valence-corrected chi connectivity index (χ2v) is 5.40. The van der Waals surface area contributed by atoms with E-state index in [1.165, 1.54) is 4.90 Å². The summed E-state index contributed by atoms with van der Waals surface area (Å²) in [6.45, 7) is 4.08. The van der Waals surface area contributed by atoms with Gasteiger partial charge < -0.3 is 19.8 Å². The van der Waals surface area contributed by atoms with Crippen LogP contribution in [0.3, 0.4) is 0 Å². The number of rotatable bonds is 4. The van der Waals surface area contributed by atoms with Gasteiger partial charge >= 0.3 is 12.0 Å². The molecule has 1 unspecified atom stereocenters. The van der Waals surface area contributed by atoms with Crippen molar-refractivity contribution in [2.45, 2.75) is 45.1 Å². The van der Waals surface area contributed by atoms with Gasteiger partial charge in [0.1, 0.15) is 5.54 Å². The predicted molar refractivity (Wildman–Crippen MR) is 72.7 cm³/mol. The van der Waals surface area contributed by atoms with E-state index in [9.17, 15) is 14.7 Å². The van der Waals surface area contributed by atoms with Gasteiger partial charge in [-0.15, -0.1) is 0 Å². The second kappa shape index (κ2) is 6.11. The fourth-order valence-corrected chi connectivity index (χ4v) is 2.49. The first-order valence-electron chi connectivity index (χ1n) is 7.01. The molecule has 116 valence electrons. The molecule has 0 aliphatic carbocycles. The number of hydrogen-bond acceptors (Lipinski definition) is 5. The number of amides is 2. The highest BCUT2D eigenvalue weighted by Crippen LogP contribution is 2.28. The van der Waals surface area contributed by atoms with Crippen molar-refractivity contribution in [3.05, 3.63) is 11.7 Å². The van der Waals surface area contributed by atoms with Crippen LogP contribution in [0.15, 0.2) is 4.52 Å². The summed E-state index contributed by atoms with van der Waals surface area (Å²) in [5, 5.41) is 15.8. The standard InChI is InChI=1S/C13H20N4O4/c1-9-15-10(16-21-9)5-7-14-12(20)17-8-4-3-6-13(17,2)11(18)19/h3-8H2,1-2H3,(H,14,20)(H,18,19). The Bertz CT molecular complexity index is 530. The summed E-state index contributed by atoms with van der Waals surface area (Å²) in [7, 11) is 0. The minimum Gasteiger partial charge on any atom is -0.480 e. The van der Waals surface area contributed by atoms with Gasteiger partial charge in [0, 0.05) is 26.4 Å². The third-order valence-electron chi connectivity index (χ3n) is 3.79. The van der Waals surface area contributed by atoms with E-state index < -0.39 is 11.5 Å². The van der Waals surface area contributed by atoms with E-state index in [-0.39, 0.29) is 6.03 Å². The molecule has 0 bridgehead atoms. The molecule has 2 heterocycles. The SMILES string of the molecule is Cc1nc(CCNC(=O)N2CCCCC2(C)C(=O)O)no1. The van der Waals surface area contributed by atoms with Crippen molar-refractivity contribution in [2.24, 2.45) is 0 Å². The zero-order valence-corrected chi connectivity index (χ0v) is 12.3. The van der Waals surface area contributed by atoms with Crippen molar-refractivity contribution in [2.75, 3.05) is 13.1 Å². The molecule has 0 spiro atoms. The van der Waals surface area contributed by atoms with Crippen LogP contribution in [0.1, 0.15) is 37.9 Å². The first-order chi connectivity index (χ1) is 9.93. The Morgan fingerprint density at radius 3 is 2.86 bits per heavy atom. The van der Waals surface area contributed by atoms with Crippen LogP contribution in [-0.2, 0) is 11.2 Å². The van der Waals surface area contributed by atoms with Crippen LogP contribution in [0.2, 0.25) is 0 Å². The molecule has 1 saturated heterocycles. The van der Waals surface area contributed by atoms with Crippen LogP contribution in [0.4, 0.5) is 4.79 Å². The summed E-state index contributed by atoms with van der Waals surface area (Å²) in [6.07, 6.45) is 2.55. The quantitative estimate of drug-likeness (QED) is 0.856. The van der Waals surface area contributed by atoms with Crippen LogP contribution in [-0.4, -0.2) is 50.8 Å². The maximum absolute atomic E-state index is 12.2. The van der Waals surface area contributed by atoms with Crippen molar-refractivity contribution >= 4 is 12.0 Å². The van der Waals surface area contributed by atoms with Gasteiger partial charge in [0.15, 0.2) is 5.82 Å². The van der Waals surface area contributed by atoms with Gasteiger partial charge in [-0.3, -0.25) is 0 Å². The van der Waals surface area contributed by atoms with Crippen LogP contribution in [0.5, 0.6) is 0 Å². The highest BCUT2D eigenvalue weighted by atomic mass is 16.5. The van der Waals surface area contributed by atoms with Gasteiger partial charge in [0.25, 0.3) is 0 Å². The first-order valence-corrected chi connectivity index (χ1v) is 7.01. The Hall–Kier alpha value is -2.12. The first kappa shape index (κ1) is 15.3. The molecule has 1 aliphatic rings. The third kappa shape index (κ3) is 3.32. The Kier molecular flexibility index (Phi) is 4.44. The van der Waals surface area contributed by atoms with Crippen molar-refractivity contribution in [3.63, 3.8) is 0 Å². The largest absolute Gasteiger partial charge is 0.480 e. The van der Waals surface area contributed by atoms with E-state index >= 15 is 0 Å². The van der Waals surface area contributed by atoms with Crippen LogP contribution in [0, 0.1) is 6.92 Å². The third-order valence-corrected chi connectivity index (χ3v) is 3.79. The molecule has 0 radical (unpaired) electrons. The number of aliphatic carboxylic acids is 1. The number of carboxylic acids is 1. The number of urea groups is 1. The molecular formula is C13H20N4O4. The smallest absolute Gasteiger partial charge is 0.329 e. The van der Waals surface area contributed by atoms with E-state index in [2.05, 4.69) is 15.5 Å². The average molecular weight is 296 g/mol. The Labute approximate surface area is 122 Å². The van der Waals surface area contributed by atoms with Gasteiger partial charge in [0.05, 0.1) is 0 Å². The number of carbonyl (C=O) groups excluding carboxylic acids is 1. The number of aryl methyl sites for hydroxylation is 1. The maximum Gasteiger partial charge on any atom is 0.329 e. The summed E-state index contributed by atoms with van der Waals surface area (Å²) < 4.78 is 4.84. The monoisotopic (exact) mass is 296 g/mol. The summed E-state index contributed by atoms with van der Waals surface area (Å²) in [6, 6.07) is -0.361. The topological polar surface area (TPSA) is 109 Å². The highest BCUT2D eigenvalue weighted by molar-refractivity contribution is 5.86. The van der Waals surface area contributed by atoms with E-state index in [0.717, 1.165) is 12.8 Å². The molecule has 2 amide bonds. The zero-order chi connectivity index (χ0) is 15.5. The zero-order valence-electron chi connectivity index (χ0n) is 12.3. The fourth-order valence-electron chi connectivity index (χ4n) is 2.49. The van der Waals surface area contributed by atoms with Crippen LogP contribution in [0.25, 0.3) is 0 Å². The molecule has 8 heteroatoms. The fraction of sp³-hybridized carbons (Fsp3) is 0.692. The number of piperidine rings is 1. The number of carbonyl (C=O) groups is 2. The number of nitrogens with zero attached hydrogens (tertiary/aromatic N) is 3. The van der Waals surface area contributed by atoms with Crippen molar-refractivity contribution in [3.8, 4) is 0 Å². The number of hydrogen-bond donors (Lipinski definition) is 2. The van der Waals surface area contributed by atoms with Crippen LogP contribution >= 0.6 is 0 Å². The molecule has 1 aliphatic heterocycles. The minimum absolute atomic E-state index is 0.337. The van der Waals surface area contributed by atoms with Gasteiger partial charge in [0.2, 0.25) is 5.89 Å². The summed E-state index contributed by atoms with van der Waals surface area (Å²) in [5.74, 6) is 0.0318. The van der Waals surface area contributed by atoms with E-state index in [0.29, 0.717) is 37.6 Å². The molecule has 8 nitrogen and oxygen atoms in total. The van der Waals surface area contributed by atoms with E-state index in [1.807, 2.05) is 0 Å². The van der Waals surface area contributed by atoms with Crippen molar-refractivity contribution in [1.82, 2.24) is 20.4 Å². The van der Waals surface area contributed by atoms with Gasteiger partial charge in [-0.25, -0.2) is 9.59 Å². The lowest BCUT2D eigenvalue weighted by atomic mass is 9.89.